The molecule has 1 aromatic carbocycles. The van der Waals surface area contributed by atoms with Crippen LogP contribution in [0.4, 0.5) is 5.69 Å². The van der Waals surface area contributed by atoms with Crippen molar-refractivity contribution < 1.29 is 0 Å². The van der Waals surface area contributed by atoms with E-state index in [1.165, 1.54) is 0 Å². The smallest absolute Gasteiger partial charge is 0.0861 e. The molecule has 1 aromatic rings. The van der Waals surface area contributed by atoms with Crippen LogP contribution in [-0.4, -0.2) is 0 Å². The van der Waals surface area contributed by atoms with Crippen molar-refractivity contribution in [2.75, 3.05) is 5.43 Å². The zero-order chi connectivity index (χ0) is 8.43. The molecule has 5 heteroatoms. The summed E-state index contributed by atoms with van der Waals surface area (Å²) in [7, 11) is 0. The average Bonchev–Trinajstić information content (AvgIpc) is 1.85. The lowest BCUT2D eigenvalue weighted by atomic mass is 10.3. The van der Waals surface area contributed by atoms with E-state index < -0.39 is 0 Å². The fourth-order valence-electron chi connectivity index (χ4n) is 0.680. The third-order valence-corrected chi connectivity index (χ3v) is 2.37. The quantitative estimate of drug-likeness (QED) is 0.475. The van der Waals surface area contributed by atoms with Crippen LogP contribution in [0.5, 0.6) is 0 Å². The Bertz CT molecular complexity index is 254. The fourth-order valence-corrected chi connectivity index (χ4v) is 2.27. The van der Waals surface area contributed by atoms with E-state index in [1.807, 2.05) is 0 Å². The van der Waals surface area contributed by atoms with Crippen LogP contribution in [0.2, 0.25) is 10.0 Å². The van der Waals surface area contributed by atoms with Crippen LogP contribution in [0.25, 0.3) is 0 Å². The van der Waals surface area contributed by atoms with Crippen molar-refractivity contribution in [1.29, 1.82) is 0 Å². The third kappa shape index (κ3) is 2.11. The number of halogens is 3. The van der Waals surface area contributed by atoms with E-state index in [4.69, 9.17) is 29.0 Å². The number of nitrogens with one attached hydrogen (secondary N) is 1. The number of rotatable bonds is 1. The van der Waals surface area contributed by atoms with Gasteiger partial charge in [-0.05, 0) is 34.7 Å². The monoisotopic (exact) mass is 302 g/mol. The molecule has 0 saturated heterocycles. The summed E-state index contributed by atoms with van der Waals surface area (Å²) in [5.41, 5.74) is 2.99. The van der Waals surface area contributed by atoms with E-state index in [1.54, 1.807) is 12.1 Å². The summed E-state index contributed by atoms with van der Waals surface area (Å²) in [6, 6.07) is 3.56. The Kier molecular flexibility index (Phi) is 3.24. The summed E-state index contributed by atoms with van der Waals surface area (Å²) < 4.78 is 0.983. The molecule has 1 rings (SSSR count). The van der Waals surface area contributed by atoms with Gasteiger partial charge in [-0.2, -0.15) is 0 Å². The lowest BCUT2D eigenvalue weighted by molar-refractivity contribution is 1.35. The molecule has 60 valence electrons. The minimum atomic E-state index is 0.532. The van der Waals surface area contributed by atoms with E-state index >= 15 is 0 Å². The summed E-state index contributed by atoms with van der Waals surface area (Å²) in [6.45, 7) is 0. The molecule has 3 N–H and O–H groups in total. The standard InChI is InChI=1S/C6H5Cl2IN2/c7-4-1-3(9)2-5(8)6(4)11-10/h1-2,11H,10H2. The lowest BCUT2D eigenvalue weighted by Gasteiger charge is -2.05. The zero-order valence-electron chi connectivity index (χ0n) is 5.37. The van der Waals surface area contributed by atoms with Gasteiger partial charge in [-0.25, -0.2) is 0 Å². The molecule has 0 spiro atoms. The van der Waals surface area contributed by atoms with Crippen molar-refractivity contribution in [1.82, 2.24) is 0 Å². The van der Waals surface area contributed by atoms with Crippen molar-refractivity contribution >= 4 is 51.5 Å². The molecule has 0 heterocycles. The van der Waals surface area contributed by atoms with Crippen LogP contribution >= 0.6 is 45.8 Å². The number of hydrogen-bond acceptors (Lipinski definition) is 2. The summed E-state index contributed by atoms with van der Waals surface area (Å²) in [5, 5.41) is 1.06. The Morgan fingerprint density at radius 2 is 1.73 bits per heavy atom. The first-order valence-corrected chi connectivity index (χ1v) is 4.60. The van der Waals surface area contributed by atoms with Gasteiger partial charge in [0.2, 0.25) is 0 Å². The Balaban J connectivity index is 3.25. The second kappa shape index (κ2) is 3.80. The van der Waals surface area contributed by atoms with Crippen LogP contribution in [0, 0.1) is 3.57 Å². The normalized spacial score (nSPS) is 9.82. The second-order valence-electron chi connectivity index (χ2n) is 1.89. The topological polar surface area (TPSA) is 38.0 Å². The molecule has 0 amide bonds. The van der Waals surface area contributed by atoms with Gasteiger partial charge in [0.15, 0.2) is 0 Å². The van der Waals surface area contributed by atoms with Gasteiger partial charge in [-0.15, -0.1) is 0 Å². The average molecular weight is 303 g/mol. The van der Waals surface area contributed by atoms with Crippen molar-refractivity contribution in [3.8, 4) is 0 Å². The first-order chi connectivity index (χ1) is 5.15. The molecule has 0 aliphatic rings. The highest BCUT2D eigenvalue weighted by Gasteiger charge is 2.04. The Hall–Kier alpha value is 0.290. The summed E-state index contributed by atoms with van der Waals surface area (Å²) in [4.78, 5) is 0. The largest absolute Gasteiger partial charge is 0.321 e. The van der Waals surface area contributed by atoms with Gasteiger partial charge in [0.25, 0.3) is 0 Å². The molecule has 2 nitrogen and oxygen atoms in total. The molecule has 11 heavy (non-hydrogen) atoms. The Morgan fingerprint density at radius 1 is 1.27 bits per heavy atom. The predicted octanol–water partition coefficient (Wildman–Crippen LogP) is 2.88. The fraction of sp³-hybridized carbons (Fsp3) is 0. The molecule has 0 bridgehead atoms. The Labute approximate surface area is 88.2 Å². The third-order valence-electron chi connectivity index (χ3n) is 1.15. The molecule has 0 aliphatic heterocycles. The number of anilines is 1. The first-order valence-electron chi connectivity index (χ1n) is 2.76. The van der Waals surface area contributed by atoms with E-state index in [-0.39, 0.29) is 0 Å². The number of nitrogen functional groups attached to an aromatic ring is 1. The Morgan fingerprint density at radius 3 is 2.09 bits per heavy atom. The van der Waals surface area contributed by atoms with Gasteiger partial charge in [0, 0.05) is 3.57 Å². The van der Waals surface area contributed by atoms with Crippen molar-refractivity contribution in [2.45, 2.75) is 0 Å². The van der Waals surface area contributed by atoms with E-state index in [0.717, 1.165) is 3.57 Å². The van der Waals surface area contributed by atoms with Gasteiger partial charge in [-0.1, -0.05) is 23.2 Å². The van der Waals surface area contributed by atoms with Gasteiger partial charge in [-0.3, -0.25) is 5.84 Å². The highest BCUT2D eigenvalue weighted by molar-refractivity contribution is 14.1. The molecule has 0 atom stereocenters. The molecule has 0 fully saturated rings. The van der Waals surface area contributed by atoms with E-state index in [0.29, 0.717) is 15.7 Å². The second-order valence-corrected chi connectivity index (χ2v) is 3.95. The molecule has 0 aromatic heterocycles. The summed E-state index contributed by atoms with van der Waals surface area (Å²) in [5.74, 6) is 5.18. The first kappa shape index (κ1) is 9.38. The summed E-state index contributed by atoms with van der Waals surface area (Å²) >= 11 is 13.7. The van der Waals surface area contributed by atoms with Crippen LogP contribution < -0.4 is 11.3 Å². The lowest BCUT2D eigenvalue weighted by Crippen LogP contribution is -2.07. The van der Waals surface area contributed by atoms with E-state index in [9.17, 15) is 0 Å². The number of nitrogens with two attached hydrogens (primary N) is 1. The minimum absolute atomic E-state index is 0.532. The molecular formula is C6H5Cl2IN2. The molecule has 0 radical (unpaired) electrons. The molecule has 0 aliphatic carbocycles. The van der Waals surface area contributed by atoms with Crippen molar-refractivity contribution in [2.24, 2.45) is 5.84 Å². The van der Waals surface area contributed by atoms with E-state index in [2.05, 4.69) is 28.0 Å². The van der Waals surface area contributed by atoms with Crippen LogP contribution in [0.3, 0.4) is 0 Å². The van der Waals surface area contributed by atoms with Crippen LogP contribution in [-0.2, 0) is 0 Å². The maximum absolute atomic E-state index is 5.80. The number of hydrazine groups is 1. The highest BCUT2D eigenvalue weighted by Crippen LogP contribution is 2.31. The predicted molar refractivity (Wildman–Crippen MR) is 57.0 cm³/mol. The molecular weight excluding hydrogens is 298 g/mol. The highest BCUT2D eigenvalue weighted by atomic mass is 127. The molecule has 0 saturated carbocycles. The maximum atomic E-state index is 5.80. The number of benzene rings is 1. The number of hydrogen-bond donors (Lipinski definition) is 2. The minimum Gasteiger partial charge on any atom is -0.321 e. The zero-order valence-corrected chi connectivity index (χ0v) is 9.04. The SMILES string of the molecule is NNc1c(Cl)cc(I)cc1Cl. The van der Waals surface area contributed by atoms with Crippen LogP contribution in [0.1, 0.15) is 0 Å². The van der Waals surface area contributed by atoms with Gasteiger partial charge in [0.1, 0.15) is 0 Å². The van der Waals surface area contributed by atoms with Gasteiger partial charge >= 0.3 is 0 Å². The molecule has 0 unspecified atom stereocenters. The van der Waals surface area contributed by atoms with Gasteiger partial charge < -0.3 is 5.43 Å². The van der Waals surface area contributed by atoms with Crippen LogP contribution in [0.15, 0.2) is 12.1 Å². The van der Waals surface area contributed by atoms with Gasteiger partial charge in [0.05, 0.1) is 15.7 Å². The summed E-state index contributed by atoms with van der Waals surface area (Å²) in [6.07, 6.45) is 0. The maximum Gasteiger partial charge on any atom is 0.0861 e. The van der Waals surface area contributed by atoms with Crippen molar-refractivity contribution in [3.63, 3.8) is 0 Å². The van der Waals surface area contributed by atoms with Crippen molar-refractivity contribution in [3.05, 3.63) is 25.7 Å².